The van der Waals surface area contributed by atoms with Crippen molar-refractivity contribution in [3.8, 4) is 0 Å². The number of hydrogen-bond acceptors (Lipinski definition) is 2. The minimum absolute atomic E-state index is 0.205. The third-order valence-corrected chi connectivity index (χ3v) is 7.55. The van der Waals surface area contributed by atoms with E-state index in [1.807, 2.05) is 0 Å². The molecule has 4 bridgehead atoms. The Labute approximate surface area is 177 Å². The second kappa shape index (κ2) is 8.27. The van der Waals surface area contributed by atoms with E-state index in [1.54, 1.807) is 13.8 Å². The van der Waals surface area contributed by atoms with Crippen LogP contribution in [0.3, 0.4) is 0 Å². The average molecular weight is 419 g/mol. The minimum atomic E-state index is -0.933. The van der Waals surface area contributed by atoms with Gasteiger partial charge in [0.1, 0.15) is 23.2 Å². The monoisotopic (exact) mass is 418 g/mol. The Morgan fingerprint density at radius 1 is 1.03 bits per heavy atom. The molecule has 2 amide bonds. The van der Waals surface area contributed by atoms with Gasteiger partial charge in [-0.1, -0.05) is 19.9 Å². The van der Waals surface area contributed by atoms with Crippen molar-refractivity contribution in [1.29, 1.82) is 0 Å². The highest BCUT2D eigenvalue weighted by atomic mass is 19.1. The van der Waals surface area contributed by atoms with Crippen LogP contribution in [0, 0.1) is 40.7 Å². The Balaban J connectivity index is 1.34. The van der Waals surface area contributed by atoms with E-state index in [2.05, 4.69) is 10.6 Å². The smallest absolute Gasteiger partial charge is 0.257 e. The van der Waals surface area contributed by atoms with Crippen LogP contribution in [0.1, 0.15) is 69.2 Å². The number of hydrogen-bond donors (Lipinski definition) is 2. The molecule has 4 fully saturated rings. The van der Waals surface area contributed by atoms with Crippen molar-refractivity contribution in [3.63, 3.8) is 0 Å². The van der Waals surface area contributed by atoms with Gasteiger partial charge in [0.25, 0.3) is 5.91 Å². The molecule has 4 saturated carbocycles. The summed E-state index contributed by atoms with van der Waals surface area (Å²) >= 11 is 0. The van der Waals surface area contributed by atoms with Crippen molar-refractivity contribution in [2.24, 2.45) is 29.1 Å². The largest absolute Gasteiger partial charge is 0.354 e. The second-order valence-electron chi connectivity index (χ2n) is 10.3. The van der Waals surface area contributed by atoms with Crippen molar-refractivity contribution in [2.45, 2.75) is 64.8 Å². The summed E-state index contributed by atoms with van der Waals surface area (Å²) in [5.41, 5.74) is -0.279. The molecule has 0 spiro atoms. The molecule has 30 heavy (non-hydrogen) atoms. The molecule has 4 aliphatic rings. The zero-order chi connectivity index (χ0) is 21.5. The van der Waals surface area contributed by atoms with Crippen molar-refractivity contribution >= 4 is 11.8 Å². The van der Waals surface area contributed by atoms with E-state index in [-0.39, 0.29) is 11.8 Å². The summed E-state index contributed by atoms with van der Waals surface area (Å²) in [5, 5.41) is 5.51. The Morgan fingerprint density at radius 3 is 2.07 bits per heavy atom. The van der Waals surface area contributed by atoms with E-state index in [1.165, 1.54) is 44.6 Å². The summed E-state index contributed by atoms with van der Waals surface area (Å²) in [4.78, 5) is 25.2. The molecule has 1 aromatic rings. The fraction of sp³-hybridized carbons (Fsp3) is 0.667. The van der Waals surface area contributed by atoms with Gasteiger partial charge in [-0.25, -0.2) is 8.78 Å². The Kier molecular flexibility index (Phi) is 5.86. The molecule has 0 radical (unpaired) electrons. The molecule has 4 aliphatic carbocycles. The van der Waals surface area contributed by atoms with Crippen molar-refractivity contribution in [1.82, 2.24) is 10.6 Å². The minimum Gasteiger partial charge on any atom is -0.354 e. The predicted molar refractivity (Wildman–Crippen MR) is 111 cm³/mol. The summed E-state index contributed by atoms with van der Waals surface area (Å²) in [5.74, 6) is -0.667. The van der Waals surface area contributed by atoms with Crippen molar-refractivity contribution in [3.05, 3.63) is 35.4 Å². The summed E-state index contributed by atoms with van der Waals surface area (Å²) in [7, 11) is 0. The standard InChI is InChI=1S/C24H32F2N2O2/c1-14(2)21(28-22(29)20-18(25)4-3-5-19(20)26)23(30)27-7-6-24-11-15-8-16(12-24)10-17(9-15)13-24/h3-5,14-17,21H,6-13H2,1-2H3,(H,27,30)(H,28,29)/t15?,16?,17?,21-,24?/m0/s1. The molecule has 1 atom stereocenters. The molecule has 0 aromatic heterocycles. The van der Waals surface area contributed by atoms with Gasteiger partial charge in [-0.05, 0) is 86.2 Å². The molecular weight excluding hydrogens is 386 g/mol. The first-order valence-electron chi connectivity index (χ1n) is 11.3. The first-order valence-corrected chi connectivity index (χ1v) is 11.3. The van der Waals surface area contributed by atoms with Gasteiger partial charge in [-0.2, -0.15) is 0 Å². The van der Waals surface area contributed by atoms with Gasteiger partial charge < -0.3 is 10.6 Å². The number of nitrogens with one attached hydrogen (secondary N) is 2. The molecule has 0 heterocycles. The Hall–Kier alpha value is -1.98. The van der Waals surface area contributed by atoms with Crippen molar-refractivity contribution in [2.75, 3.05) is 6.54 Å². The topological polar surface area (TPSA) is 58.2 Å². The van der Waals surface area contributed by atoms with E-state index in [0.717, 1.165) is 36.3 Å². The summed E-state index contributed by atoms with van der Waals surface area (Å²) in [6.45, 7) is 4.20. The Morgan fingerprint density at radius 2 is 1.57 bits per heavy atom. The Bertz CT molecular complexity index is 768. The molecule has 0 unspecified atom stereocenters. The lowest BCUT2D eigenvalue weighted by Crippen LogP contribution is -2.51. The molecule has 2 N–H and O–H groups in total. The number of amides is 2. The lowest BCUT2D eigenvalue weighted by atomic mass is 9.49. The van der Waals surface area contributed by atoms with Crippen LogP contribution in [-0.2, 0) is 4.79 Å². The zero-order valence-electron chi connectivity index (χ0n) is 17.8. The molecule has 5 rings (SSSR count). The normalized spacial score (nSPS) is 30.4. The van der Waals surface area contributed by atoms with Crippen LogP contribution < -0.4 is 10.6 Å². The SMILES string of the molecule is CC(C)[C@H](NC(=O)c1c(F)cccc1F)C(=O)NCCC12CC3CC(CC(C3)C1)C2. The number of benzene rings is 1. The number of carbonyl (C=O) groups excluding carboxylic acids is 2. The van der Waals surface area contributed by atoms with E-state index < -0.39 is 29.1 Å². The van der Waals surface area contributed by atoms with Crippen LogP contribution in [0.5, 0.6) is 0 Å². The predicted octanol–water partition coefficient (Wildman–Crippen LogP) is 4.44. The molecule has 0 aliphatic heterocycles. The molecular formula is C24H32F2N2O2. The van der Waals surface area contributed by atoms with E-state index in [0.29, 0.717) is 12.0 Å². The van der Waals surface area contributed by atoms with Gasteiger partial charge in [0, 0.05) is 6.54 Å². The van der Waals surface area contributed by atoms with E-state index >= 15 is 0 Å². The third kappa shape index (κ3) is 4.23. The van der Waals surface area contributed by atoms with Crippen LogP contribution in [0.15, 0.2) is 18.2 Å². The lowest BCUT2D eigenvalue weighted by Gasteiger charge is -2.57. The fourth-order valence-corrected chi connectivity index (χ4v) is 6.62. The van der Waals surface area contributed by atoms with Crippen molar-refractivity contribution < 1.29 is 18.4 Å². The van der Waals surface area contributed by atoms with Gasteiger partial charge in [0.2, 0.25) is 5.91 Å². The molecule has 1 aromatic carbocycles. The van der Waals surface area contributed by atoms with Gasteiger partial charge >= 0.3 is 0 Å². The summed E-state index contributed by atoms with van der Waals surface area (Å²) in [6, 6.07) is 2.44. The van der Waals surface area contributed by atoms with Crippen LogP contribution in [0.4, 0.5) is 8.78 Å². The second-order valence-corrected chi connectivity index (χ2v) is 10.3. The molecule has 0 saturated heterocycles. The lowest BCUT2D eigenvalue weighted by molar-refractivity contribution is -0.124. The van der Waals surface area contributed by atoms with Crippen LogP contribution in [0.25, 0.3) is 0 Å². The van der Waals surface area contributed by atoms with Gasteiger partial charge in [0.15, 0.2) is 0 Å². The maximum Gasteiger partial charge on any atom is 0.257 e. The van der Waals surface area contributed by atoms with Crippen LogP contribution >= 0.6 is 0 Å². The molecule has 4 nitrogen and oxygen atoms in total. The summed E-state index contributed by atoms with van der Waals surface area (Å²) in [6.07, 6.45) is 8.99. The number of rotatable bonds is 7. The quantitative estimate of drug-likeness (QED) is 0.688. The third-order valence-electron chi connectivity index (χ3n) is 7.55. The first-order chi connectivity index (χ1) is 14.3. The number of carbonyl (C=O) groups is 2. The van der Waals surface area contributed by atoms with Gasteiger partial charge in [-0.15, -0.1) is 0 Å². The summed E-state index contributed by atoms with van der Waals surface area (Å²) < 4.78 is 27.8. The fourth-order valence-electron chi connectivity index (χ4n) is 6.62. The highest BCUT2D eigenvalue weighted by Gasteiger charge is 2.50. The molecule has 164 valence electrons. The highest BCUT2D eigenvalue weighted by molar-refractivity contribution is 5.98. The first kappa shape index (κ1) is 21.3. The zero-order valence-corrected chi connectivity index (χ0v) is 17.8. The average Bonchev–Trinajstić information content (AvgIpc) is 2.64. The van der Waals surface area contributed by atoms with Crippen LogP contribution in [-0.4, -0.2) is 24.4 Å². The maximum atomic E-state index is 13.9. The number of halogens is 2. The highest BCUT2D eigenvalue weighted by Crippen LogP contribution is 2.61. The van der Waals surface area contributed by atoms with E-state index in [4.69, 9.17) is 0 Å². The maximum absolute atomic E-state index is 13.9. The van der Waals surface area contributed by atoms with Gasteiger partial charge in [0.05, 0.1) is 0 Å². The van der Waals surface area contributed by atoms with E-state index in [9.17, 15) is 18.4 Å². The molecule has 6 heteroatoms. The van der Waals surface area contributed by atoms with Gasteiger partial charge in [-0.3, -0.25) is 9.59 Å². The van der Waals surface area contributed by atoms with Crippen LogP contribution in [0.2, 0.25) is 0 Å².